The van der Waals surface area contributed by atoms with Crippen LogP contribution in [0.15, 0.2) is 24.3 Å². The summed E-state index contributed by atoms with van der Waals surface area (Å²) in [4.78, 5) is 14.2. The molecular formula is C17H22ClNO2. The number of piperidine rings is 1. The molecule has 2 fully saturated rings. The maximum Gasteiger partial charge on any atom is 0.225 e. The molecule has 0 N–H and O–H groups in total. The van der Waals surface area contributed by atoms with E-state index >= 15 is 0 Å². The highest BCUT2D eigenvalue weighted by molar-refractivity contribution is 6.30. The summed E-state index contributed by atoms with van der Waals surface area (Å²) >= 11 is 5.86. The van der Waals surface area contributed by atoms with Crippen molar-refractivity contribution >= 4 is 17.5 Å². The van der Waals surface area contributed by atoms with Crippen molar-refractivity contribution < 1.29 is 9.53 Å². The Morgan fingerprint density at radius 1 is 1.14 bits per heavy atom. The summed E-state index contributed by atoms with van der Waals surface area (Å²) in [6, 6.07) is 7.49. The molecule has 0 radical (unpaired) electrons. The number of carbonyl (C=O) groups is 1. The number of ether oxygens (including phenoxy) is 1. The first-order chi connectivity index (χ1) is 10.2. The highest BCUT2D eigenvalue weighted by Gasteiger charge is 2.31. The quantitative estimate of drug-likeness (QED) is 0.847. The normalized spacial score (nSPS) is 20.1. The predicted molar refractivity (Wildman–Crippen MR) is 83.6 cm³/mol. The lowest BCUT2D eigenvalue weighted by Gasteiger charge is -2.36. The topological polar surface area (TPSA) is 29.5 Å². The van der Waals surface area contributed by atoms with Crippen LogP contribution in [-0.2, 0) is 4.79 Å². The molecule has 1 saturated heterocycles. The van der Waals surface area contributed by atoms with Crippen LogP contribution in [0.5, 0.6) is 5.75 Å². The van der Waals surface area contributed by atoms with Crippen molar-refractivity contribution in [3.05, 3.63) is 29.3 Å². The molecule has 21 heavy (non-hydrogen) atoms. The Morgan fingerprint density at radius 3 is 2.38 bits per heavy atom. The summed E-state index contributed by atoms with van der Waals surface area (Å²) < 4.78 is 5.81. The molecule has 3 nitrogen and oxygen atoms in total. The SMILES string of the molecule is O=C(C1CCC1)N1CCC(COc2ccc(Cl)cc2)CC1. The van der Waals surface area contributed by atoms with Crippen LogP contribution in [-0.4, -0.2) is 30.5 Å². The van der Waals surface area contributed by atoms with Crippen LogP contribution in [0.4, 0.5) is 0 Å². The zero-order valence-electron chi connectivity index (χ0n) is 12.3. The van der Waals surface area contributed by atoms with Gasteiger partial charge in [0.05, 0.1) is 6.61 Å². The number of amides is 1. The fourth-order valence-electron chi connectivity index (χ4n) is 2.98. The number of nitrogens with zero attached hydrogens (tertiary/aromatic N) is 1. The minimum atomic E-state index is 0.326. The predicted octanol–water partition coefficient (Wildman–Crippen LogP) is 3.76. The van der Waals surface area contributed by atoms with Gasteiger partial charge in [0, 0.05) is 24.0 Å². The molecule has 1 aliphatic heterocycles. The lowest BCUT2D eigenvalue weighted by atomic mass is 9.83. The molecule has 1 amide bonds. The number of likely N-dealkylation sites (tertiary alicyclic amines) is 1. The average molecular weight is 308 g/mol. The van der Waals surface area contributed by atoms with Gasteiger partial charge in [-0.3, -0.25) is 4.79 Å². The summed E-state index contributed by atoms with van der Waals surface area (Å²) in [5.41, 5.74) is 0. The van der Waals surface area contributed by atoms with Crippen molar-refractivity contribution in [2.45, 2.75) is 32.1 Å². The second-order valence-electron chi connectivity index (χ2n) is 6.16. The van der Waals surface area contributed by atoms with Crippen molar-refractivity contribution in [3.8, 4) is 5.75 Å². The second-order valence-corrected chi connectivity index (χ2v) is 6.60. The Morgan fingerprint density at radius 2 is 1.81 bits per heavy atom. The zero-order valence-corrected chi connectivity index (χ0v) is 13.0. The number of hydrogen-bond donors (Lipinski definition) is 0. The molecule has 0 atom stereocenters. The summed E-state index contributed by atoms with van der Waals surface area (Å²) in [7, 11) is 0. The van der Waals surface area contributed by atoms with Crippen LogP contribution in [0.3, 0.4) is 0 Å². The molecule has 2 aliphatic rings. The molecule has 1 aromatic rings. The monoisotopic (exact) mass is 307 g/mol. The van der Waals surface area contributed by atoms with Crippen LogP contribution >= 0.6 is 11.6 Å². The van der Waals surface area contributed by atoms with E-state index in [4.69, 9.17) is 16.3 Å². The van der Waals surface area contributed by atoms with Crippen molar-refractivity contribution in [1.29, 1.82) is 0 Å². The van der Waals surface area contributed by atoms with E-state index in [1.165, 1.54) is 6.42 Å². The molecule has 114 valence electrons. The van der Waals surface area contributed by atoms with Gasteiger partial charge in [0.2, 0.25) is 5.91 Å². The van der Waals surface area contributed by atoms with E-state index in [9.17, 15) is 4.79 Å². The third kappa shape index (κ3) is 3.70. The minimum Gasteiger partial charge on any atom is -0.493 e. The van der Waals surface area contributed by atoms with Gasteiger partial charge < -0.3 is 9.64 Å². The molecule has 1 aliphatic carbocycles. The first-order valence-corrected chi connectivity index (χ1v) is 8.27. The number of halogens is 1. The van der Waals surface area contributed by atoms with Crippen molar-refractivity contribution in [2.24, 2.45) is 11.8 Å². The van der Waals surface area contributed by atoms with Gasteiger partial charge in [0.15, 0.2) is 0 Å². The lowest BCUT2D eigenvalue weighted by molar-refractivity contribution is -0.139. The van der Waals surface area contributed by atoms with E-state index in [-0.39, 0.29) is 0 Å². The average Bonchev–Trinajstić information content (AvgIpc) is 2.45. The van der Waals surface area contributed by atoms with Crippen molar-refractivity contribution in [2.75, 3.05) is 19.7 Å². The molecule has 0 unspecified atom stereocenters. The third-order valence-electron chi connectivity index (χ3n) is 4.68. The van der Waals surface area contributed by atoms with Crippen molar-refractivity contribution in [3.63, 3.8) is 0 Å². The molecule has 1 aromatic carbocycles. The maximum atomic E-state index is 12.2. The van der Waals surface area contributed by atoms with E-state index in [0.717, 1.165) is 56.2 Å². The Hall–Kier alpha value is -1.22. The molecular weight excluding hydrogens is 286 g/mol. The standard InChI is InChI=1S/C17H22ClNO2/c18-15-4-6-16(7-5-15)21-12-13-8-10-19(11-9-13)17(20)14-2-1-3-14/h4-7,13-14H,1-3,8-12H2. The molecule has 3 rings (SSSR count). The summed E-state index contributed by atoms with van der Waals surface area (Å²) in [6.45, 7) is 2.51. The summed E-state index contributed by atoms with van der Waals surface area (Å²) in [5, 5.41) is 0.727. The number of rotatable bonds is 4. The van der Waals surface area contributed by atoms with Crippen LogP contribution in [0.1, 0.15) is 32.1 Å². The Kier molecular flexibility index (Phi) is 4.69. The van der Waals surface area contributed by atoms with E-state index < -0.39 is 0 Å². The zero-order chi connectivity index (χ0) is 14.7. The van der Waals surface area contributed by atoms with E-state index in [0.29, 0.717) is 17.7 Å². The molecule has 1 saturated carbocycles. The van der Waals surface area contributed by atoms with Crippen LogP contribution in [0, 0.1) is 11.8 Å². The molecule has 1 heterocycles. The van der Waals surface area contributed by atoms with Gasteiger partial charge >= 0.3 is 0 Å². The maximum absolute atomic E-state index is 12.2. The largest absolute Gasteiger partial charge is 0.493 e. The van der Waals surface area contributed by atoms with Crippen molar-refractivity contribution in [1.82, 2.24) is 4.90 Å². The number of hydrogen-bond acceptors (Lipinski definition) is 2. The van der Waals surface area contributed by atoms with E-state index in [1.54, 1.807) is 0 Å². The van der Waals surface area contributed by atoms with Crippen LogP contribution < -0.4 is 4.74 Å². The van der Waals surface area contributed by atoms with Gasteiger partial charge in [-0.1, -0.05) is 18.0 Å². The fraction of sp³-hybridized carbons (Fsp3) is 0.588. The number of carbonyl (C=O) groups excluding carboxylic acids is 1. The third-order valence-corrected chi connectivity index (χ3v) is 4.93. The van der Waals surface area contributed by atoms with Gasteiger partial charge in [-0.05, 0) is 55.9 Å². The number of benzene rings is 1. The van der Waals surface area contributed by atoms with Crippen LogP contribution in [0.2, 0.25) is 5.02 Å². The van der Waals surface area contributed by atoms with E-state index in [1.807, 2.05) is 24.3 Å². The lowest BCUT2D eigenvalue weighted by Crippen LogP contribution is -2.44. The smallest absolute Gasteiger partial charge is 0.225 e. The first-order valence-electron chi connectivity index (χ1n) is 7.89. The Balaban J connectivity index is 1.41. The van der Waals surface area contributed by atoms with Gasteiger partial charge in [-0.2, -0.15) is 0 Å². The molecule has 4 heteroatoms. The van der Waals surface area contributed by atoms with Gasteiger partial charge in [-0.15, -0.1) is 0 Å². The highest BCUT2D eigenvalue weighted by atomic mass is 35.5. The Bertz CT molecular complexity index is 476. The second kappa shape index (κ2) is 6.69. The van der Waals surface area contributed by atoms with Gasteiger partial charge in [0.25, 0.3) is 0 Å². The summed E-state index contributed by atoms with van der Waals surface area (Å²) in [5.74, 6) is 2.13. The molecule has 0 spiro atoms. The van der Waals surface area contributed by atoms with Crippen LogP contribution in [0.25, 0.3) is 0 Å². The highest BCUT2D eigenvalue weighted by Crippen LogP contribution is 2.30. The summed E-state index contributed by atoms with van der Waals surface area (Å²) in [6.07, 6.45) is 5.51. The fourth-order valence-corrected chi connectivity index (χ4v) is 3.10. The Labute approximate surface area is 131 Å². The molecule has 0 bridgehead atoms. The molecule has 0 aromatic heterocycles. The van der Waals surface area contributed by atoms with Gasteiger partial charge in [-0.25, -0.2) is 0 Å². The minimum absolute atomic E-state index is 0.326. The first kappa shape index (κ1) is 14.7. The van der Waals surface area contributed by atoms with E-state index in [2.05, 4.69) is 4.90 Å². The van der Waals surface area contributed by atoms with Gasteiger partial charge in [0.1, 0.15) is 5.75 Å².